The summed E-state index contributed by atoms with van der Waals surface area (Å²) in [6, 6.07) is 21.0. The number of nitrogens with one attached hydrogen (secondary N) is 2. The first-order valence-electron chi connectivity index (χ1n) is 8.74. The fourth-order valence-corrected chi connectivity index (χ4v) is 3.61. The third-order valence-electron chi connectivity index (χ3n) is 4.31. The Morgan fingerprint density at radius 2 is 1.89 bits per heavy atom. The molecule has 0 aliphatic heterocycles. The van der Waals surface area contributed by atoms with E-state index in [1.54, 1.807) is 35.6 Å². The van der Waals surface area contributed by atoms with Crippen molar-refractivity contribution in [1.29, 1.82) is 5.26 Å². The molecule has 0 bridgehead atoms. The molecule has 2 aromatic carbocycles. The number of anilines is 1. The highest BCUT2D eigenvalue weighted by Gasteiger charge is 2.21. The van der Waals surface area contributed by atoms with Crippen molar-refractivity contribution < 1.29 is 4.79 Å². The van der Waals surface area contributed by atoms with Gasteiger partial charge in [0, 0.05) is 10.6 Å². The van der Waals surface area contributed by atoms with Crippen molar-refractivity contribution in [2.45, 2.75) is 25.9 Å². The molecule has 0 unspecified atom stereocenters. The van der Waals surface area contributed by atoms with Gasteiger partial charge in [0.25, 0.3) is 0 Å². The topological polar surface area (TPSA) is 64.9 Å². The number of carbonyl (C=O) groups excluding carboxylic acids is 1. The summed E-state index contributed by atoms with van der Waals surface area (Å²) in [5.74, 6) is -0.140. The number of aryl methyl sites for hydroxylation is 1. The lowest BCUT2D eigenvalue weighted by atomic mass is 10.0. The van der Waals surface area contributed by atoms with E-state index in [2.05, 4.69) is 54.0 Å². The maximum atomic E-state index is 12.6. The van der Waals surface area contributed by atoms with Gasteiger partial charge in [-0.05, 0) is 49.1 Å². The molecule has 0 saturated carbocycles. The fraction of sp³-hybridized carbons (Fsp3) is 0.182. The van der Waals surface area contributed by atoms with E-state index in [4.69, 9.17) is 5.26 Å². The van der Waals surface area contributed by atoms with Crippen molar-refractivity contribution in [3.8, 4) is 6.07 Å². The zero-order chi connectivity index (χ0) is 19.2. The van der Waals surface area contributed by atoms with Crippen LogP contribution in [0.25, 0.3) is 0 Å². The minimum absolute atomic E-state index is 0.0585. The summed E-state index contributed by atoms with van der Waals surface area (Å²) >= 11 is 1.66. The van der Waals surface area contributed by atoms with Crippen molar-refractivity contribution in [1.82, 2.24) is 5.32 Å². The van der Waals surface area contributed by atoms with Crippen molar-refractivity contribution in [3.05, 3.63) is 87.6 Å². The molecule has 0 aliphatic rings. The number of amides is 1. The first kappa shape index (κ1) is 18.8. The smallest absolute Gasteiger partial charge is 0.241 e. The van der Waals surface area contributed by atoms with Crippen LogP contribution in [0.2, 0.25) is 0 Å². The molecule has 1 aromatic heterocycles. The standard InChI is InChI=1S/C22H21N3OS/c1-15-8-10-18(11-9-15)21(20-7-4-12-27-20)24-16(2)22(26)25-19-6-3-5-17(13-19)14-23/h3-13,16,21,24H,1-2H3,(H,25,26)/t16-,21-/m1/s1. The number of nitrogens with zero attached hydrogens (tertiary/aromatic N) is 1. The van der Waals surface area contributed by atoms with Gasteiger partial charge in [-0.15, -0.1) is 11.3 Å². The van der Waals surface area contributed by atoms with E-state index in [0.717, 1.165) is 10.4 Å². The molecule has 5 heteroatoms. The molecular weight excluding hydrogens is 354 g/mol. The van der Waals surface area contributed by atoms with E-state index in [1.165, 1.54) is 5.56 Å². The highest BCUT2D eigenvalue weighted by Crippen LogP contribution is 2.27. The Morgan fingerprint density at radius 3 is 2.56 bits per heavy atom. The Bertz CT molecular complexity index is 942. The third kappa shape index (κ3) is 4.82. The van der Waals surface area contributed by atoms with Crippen molar-refractivity contribution >= 4 is 22.9 Å². The highest BCUT2D eigenvalue weighted by atomic mass is 32.1. The number of thiophene rings is 1. The van der Waals surface area contributed by atoms with E-state index >= 15 is 0 Å². The summed E-state index contributed by atoms with van der Waals surface area (Å²) < 4.78 is 0. The monoisotopic (exact) mass is 375 g/mol. The second-order valence-corrected chi connectivity index (χ2v) is 7.41. The van der Waals surface area contributed by atoms with Crippen molar-refractivity contribution in [2.24, 2.45) is 0 Å². The number of benzene rings is 2. The van der Waals surface area contributed by atoms with Gasteiger partial charge in [0.05, 0.1) is 23.7 Å². The van der Waals surface area contributed by atoms with Gasteiger partial charge in [-0.25, -0.2) is 0 Å². The Balaban J connectivity index is 1.75. The second kappa shape index (κ2) is 8.63. The summed E-state index contributed by atoms with van der Waals surface area (Å²) in [5, 5.41) is 17.4. The van der Waals surface area contributed by atoms with Crippen molar-refractivity contribution in [2.75, 3.05) is 5.32 Å². The average Bonchev–Trinajstić information content (AvgIpc) is 3.21. The number of carbonyl (C=O) groups is 1. The van der Waals surface area contributed by atoms with Gasteiger partial charge < -0.3 is 5.32 Å². The minimum atomic E-state index is -0.413. The number of rotatable bonds is 6. The lowest BCUT2D eigenvalue weighted by Crippen LogP contribution is -2.40. The van der Waals surface area contributed by atoms with E-state index in [-0.39, 0.29) is 11.9 Å². The van der Waals surface area contributed by atoms with Crippen LogP contribution in [0.3, 0.4) is 0 Å². The van der Waals surface area contributed by atoms with E-state index in [1.807, 2.05) is 18.4 Å². The van der Waals surface area contributed by atoms with E-state index < -0.39 is 6.04 Å². The van der Waals surface area contributed by atoms with Crippen LogP contribution in [0.4, 0.5) is 5.69 Å². The van der Waals surface area contributed by atoms with Crippen LogP contribution in [0.1, 0.15) is 34.5 Å². The molecule has 0 saturated heterocycles. The van der Waals surface area contributed by atoms with Crippen LogP contribution in [0, 0.1) is 18.3 Å². The second-order valence-electron chi connectivity index (χ2n) is 6.43. The molecule has 0 fully saturated rings. The van der Waals surface area contributed by atoms with E-state index in [0.29, 0.717) is 11.3 Å². The Labute approximate surface area is 163 Å². The molecule has 0 spiro atoms. The number of nitriles is 1. The SMILES string of the molecule is Cc1ccc([C@@H](N[C@H](C)C(=O)Nc2cccc(C#N)c2)c2cccs2)cc1. The van der Waals surface area contributed by atoms with Gasteiger partial charge >= 0.3 is 0 Å². The first-order chi connectivity index (χ1) is 13.1. The van der Waals surface area contributed by atoms with Crippen LogP contribution in [0.15, 0.2) is 66.0 Å². The quantitative estimate of drug-likeness (QED) is 0.660. The van der Waals surface area contributed by atoms with Crippen molar-refractivity contribution in [3.63, 3.8) is 0 Å². The first-order valence-corrected chi connectivity index (χ1v) is 9.62. The zero-order valence-electron chi connectivity index (χ0n) is 15.3. The third-order valence-corrected chi connectivity index (χ3v) is 5.24. The minimum Gasteiger partial charge on any atom is -0.325 e. The maximum absolute atomic E-state index is 12.6. The van der Waals surface area contributed by atoms with Gasteiger partial charge in [-0.3, -0.25) is 10.1 Å². The molecule has 2 atom stereocenters. The molecule has 0 aliphatic carbocycles. The normalized spacial score (nSPS) is 12.8. The molecule has 4 nitrogen and oxygen atoms in total. The van der Waals surface area contributed by atoms with Crippen LogP contribution < -0.4 is 10.6 Å². The van der Waals surface area contributed by atoms with Crippen LogP contribution in [-0.4, -0.2) is 11.9 Å². The predicted octanol–water partition coefficient (Wildman–Crippen LogP) is 4.63. The zero-order valence-corrected chi connectivity index (χ0v) is 16.1. The van der Waals surface area contributed by atoms with Crippen LogP contribution in [0.5, 0.6) is 0 Å². The largest absolute Gasteiger partial charge is 0.325 e. The summed E-state index contributed by atoms with van der Waals surface area (Å²) in [4.78, 5) is 13.8. The van der Waals surface area contributed by atoms with Gasteiger partial charge in [0.1, 0.15) is 0 Å². The molecule has 27 heavy (non-hydrogen) atoms. The number of hydrogen-bond acceptors (Lipinski definition) is 4. The Kier molecular flexibility index (Phi) is 6.02. The molecule has 136 valence electrons. The molecular formula is C22H21N3OS. The highest BCUT2D eigenvalue weighted by molar-refractivity contribution is 7.10. The van der Waals surface area contributed by atoms with Gasteiger partial charge in [0.15, 0.2) is 0 Å². The van der Waals surface area contributed by atoms with Crippen LogP contribution in [-0.2, 0) is 4.79 Å². The molecule has 0 radical (unpaired) electrons. The van der Waals surface area contributed by atoms with Gasteiger partial charge in [-0.2, -0.15) is 5.26 Å². The fourth-order valence-electron chi connectivity index (χ4n) is 2.80. The lowest BCUT2D eigenvalue weighted by molar-refractivity contribution is -0.117. The summed E-state index contributed by atoms with van der Waals surface area (Å²) in [5.41, 5.74) is 3.46. The maximum Gasteiger partial charge on any atom is 0.241 e. The molecule has 1 amide bonds. The lowest BCUT2D eigenvalue weighted by Gasteiger charge is -2.23. The van der Waals surface area contributed by atoms with Gasteiger partial charge in [0.2, 0.25) is 5.91 Å². The average molecular weight is 375 g/mol. The predicted molar refractivity (Wildman–Crippen MR) is 110 cm³/mol. The molecule has 2 N–H and O–H groups in total. The molecule has 1 heterocycles. The molecule has 3 aromatic rings. The van der Waals surface area contributed by atoms with Gasteiger partial charge in [-0.1, -0.05) is 42.0 Å². The van der Waals surface area contributed by atoms with Crippen LogP contribution >= 0.6 is 11.3 Å². The number of hydrogen-bond donors (Lipinski definition) is 2. The summed E-state index contributed by atoms with van der Waals surface area (Å²) in [6.07, 6.45) is 0. The Morgan fingerprint density at radius 1 is 1.11 bits per heavy atom. The Hall–Kier alpha value is -2.94. The summed E-state index contributed by atoms with van der Waals surface area (Å²) in [6.45, 7) is 3.90. The summed E-state index contributed by atoms with van der Waals surface area (Å²) in [7, 11) is 0. The molecule has 3 rings (SSSR count). The van der Waals surface area contributed by atoms with E-state index in [9.17, 15) is 4.79 Å².